The summed E-state index contributed by atoms with van der Waals surface area (Å²) < 4.78 is 5.62. The molecule has 1 unspecified atom stereocenters. The minimum absolute atomic E-state index is 0.00777. The highest BCUT2D eigenvalue weighted by Crippen LogP contribution is 2.19. The van der Waals surface area contributed by atoms with E-state index in [-0.39, 0.29) is 5.97 Å². The van der Waals surface area contributed by atoms with Crippen LogP contribution < -0.4 is 0 Å². The summed E-state index contributed by atoms with van der Waals surface area (Å²) in [5.41, 5.74) is 0. The third-order valence-electron chi connectivity index (χ3n) is 7.31. The van der Waals surface area contributed by atoms with Gasteiger partial charge in [-0.2, -0.15) is 0 Å². The lowest BCUT2D eigenvalue weighted by Gasteiger charge is -2.16. The molecular formula is C32H62O3. The topological polar surface area (TPSA) is 43.4 Å². The Morgan fingerprint density at radius 1 is 0.486 bits per heavy atom. The van der Waals surface area contributed by atoms with E-state index in [0.717, 1.165) is 51.4 Å². The molecule has 0 N–H and O–H groups in total. The predicted octanol–water partition coefficient (Wildman–Crippen LogP) is 10.5. The molecule has 0 aliphatic rings. The summed E-state index contributed by atoms with van der Waals surface area (Å²) in [5, 5.41) is 0. The molecule has 0 aliphatic heterocycles. The van der Waals surface area contributed by atoms with E-state index in [4.69, 9.17) is 4.74 Å². The van der Waals surface area contributed by atoms with Crippen molar-refractivity contribution in [1.29, 1.82) is 0 Å². The first-order valence-corrected chi connectivity index (χ1v) is 15.8. The fourth-order valence-corrected chi connectivity index (χ4v) is 4.83. The Hall–Kier alpha value is -0.860. The second kappa shape index (κ2) is 27.7. The molecule has 208 valence electrons. The normalized spacial score (nSPS) is 12.1. The van der Waals surface area contributed by atoms with E-state index in [0.29, 0.717) is 24.7 Å². The lowest BCUT2D eigenvalue weighted by molar-refractivity contribution is -0.145. The van der Waals surface area contributed by atoms with E-state index in [1.165, 1.54) is 103 Å². The van der Waals surface area contributed by atoms with Gasteiger partial charge in [0.15, 0.2) is 0 Å². The fraction of sp³-hybridized carbons (Fsp3) is 0.938. The average Bonchev–Trinajstić information content (AvgIpc) is 2.86. The van der Waals surface area contributed by atoms with Crippen LogP contribution in [0.5, 0.6) is 0 Å². The number of carbonyl (C=O) groups is 2. The molecule has 0 radical (unpaired) electrons. The van der Waals surface area contributed by atoms with Crippen molar-refractivity contribution < 1.29 is 14.3 Å². The number of carbonyl (C=O) groups excluding carboxylic acids is 2. The summed E-state index contributed by atoms with van der Waals surface area (Å²) in [6.07, 6.45) is 29.0. The summed E-state index contributed by atoms with van der Waals surface area (Å²) in [6.45, 7) is 7.36. The highest BCUT2D eigenvalue weighted by Gasteiger charge is 2.12. The molecule has 0 rings (SSSR count). The van der Waals surface area contributed by atoms with Gasteiger partial charge >= 0.3 is 5.97 Å². The fourth-order valence-electron chi connectivity index (χ4n) is 4.83. The monoisotopic (exact) mass is 494 g/mol. The molecule has 0 spiro atoms. The summed E-state index contributed by atoms with van der Waals surface area (Å²) in [6, 6.07) is 0. The van der Waals surface area contributed by atoms with E-state index >= 15 is 0 Å². The first-order chi connectivity index (χ1) is 17.1. The quantitative estimate of drug-likeness (QED) is 0.0802. The number of hydrogen-bond acceptors (Lipinski definition) is 3. The van der Waals surface area contributed by atoms with Crippen molar-refractivity contribution in [3.63, 3.8) is 0 Å². The van der Waals surface area contributed by atoms with Gasteiger partial charge in [-0.25, -0.2) is 0 Å². The largest absolute Gasteiger partial charge is 0.465 e. The standard InChI is InChI=1S/C32H62O3/c1-4-7-10-12-13-14-17-21-26-31(33)27-22-18-15-16-19-23-28-32(34)35-29-30(24-9-6-3)25-20-11-8-5-2/h30H,4-29H2,1-3H3. The molecule has 0 bridgehead atoms. The van der Waals surface area contributed by atoms with Crippen LogP contribution >= 0.6 is 0 Å². The van der Waals surface area contributed by atoms with Crippen molar-refractivity contribution in [2.24, 2.45) is 5.92 Å². The molecule has 0 aromatic rings. The Morgan fingerprint density at radius 3 is 1.40 bits per heavy atom. The van der Waals surface area contributed by atoms with Crippen molar-refractivity contribution in [1.82, 2.24) is 0 Å². The van der Waals surface area contributed by atoms with E-state index in [1.54, 1.807) is 0 Å². The van der Waals surface area contributed by atoms with Crippen LogP contribution in [0, 0.1) is 5.92 Å². The van der Waals surface area contributed by atoms with E-state index < -0.39 is 0 Å². The number of ether oxygens (including phenoxy) is 1. The summed E-state index contributed by atoms with van der Waals surface area (Å²) >= 11 is 0. The van der Waals surface area contributed by atoms with Gasteiger partial charge in [0.25, 0.3) is 0 Å². The lowest BCUT2D eigenvalue weighted by atomic mass is 9.96. The second-order valence-corrected chi connectivity index (χ2v) is 10.9. The number of rotatable bonds is 28. The Bertz CT molecular complexity index is 460. The molecule has 1 atom stereocenters. The van der Waals surface area contributed by atoms with Crippen molar-refractivity contribution in [3.8, 4) is 0 Å². The Morgan fingerprint density at radius 2 is 0.886 bits per heavy atom. The van der Waals surface area contributed by atoms with Crippen LogP contribution in [0.3, 0.4) is 0 Å². The van der Waals surface area contributed by atoms with Crippen LogP contribution in [-0.4, -0.2) is 18.4 Å². The van der Waals surface area contributed by atoms with Crippen molar-refractivity contribution in [2.45, 2.75) is 181 Å². The minimum atomic E-state index is -0.00777. The van der Waals surface area contributed by atoms with E-state index in [2.05, 4.69) is 20.8 Å². The summed E-state index contributed by atoms with van der Waals surface area (Å²) in [4.78, 5) is 24.2. The molecule has 3 nitrogen and oxygen atoms in total. The van der Waals surface area contributed by atoms with Gasteiger partial charge in [0.2, 0.25) is 0 Å². The van der Waals surface area contributed by atoms with Crippen LogP contribution in [0.25, 0.3) is 0 Å². The smallest absolute Gasteiger partial charge is 0.305 e. The summed E-state index contributed by atoms with van der Waals surface area (Å²) in [5.74, 6) is 1.00. The molecule has 0 fully saturated rings. The van der Waals surface area contributed by atoms with E-state index in [9.17, 15) is 9.59 Å². The Balaban J connectivity index is 3.56. The first-order valence-electron chi connectivity index (χ1n) is 15.8. The zero-order chi connectivity index (χ0) is 25.8. The summed E-state index contributed by atoms with van der Waals surface area (Å²) in [7, 11) is 0. The highest BCUT2D eigenvalue weighted by molar-refractivity contribution is 5.78. The van der Waals surface area contributed by atoms with E-state index in [1.807, 2.05) is 0 Å². The molecule has 0 aromatic heterocycles. The first kappa shape index (κ1) is 34.1. The number of unbranched alkanes of at least 4 members (excludes halogenated alkanes) is 16. The third kappa shape index (κ3) is 26.0. The van der Waals surface area contributed by atoms with Crippen molar-refractivity contribution in [2.75, 3.05) is 6.61 Å². The number of hydrogen-bond donors (Lipinski definition) is 0. The predicted molar refractivity (Wildman–Crippen MR) is 152 cm³/mol. The maximum absolute atomic E-state index is 12.1. The molecule has 35 heavy (non-hydrogen) atoms. The Kier molecular flexibility index (Phi) is 27.0. The second-order valence-electron chi connectivity index (χ2n) is 10.9. The average molecular weight is 495 g/mol. The maximum atomic E-state index is 12.1. The lowest BCUT2D eigenvalue weighted by Crippen LogP contribution is -2.14. The molecule has 0 aliphatic carbocycles. The Labute approximate surface area is 219 Å². The third-order valence-corrected chi connectivity index (χ3v) is 7.31. The maximum Gasteiger partial charge on any atom is 0.305 e. The highest BCUT2D eigenvalue weighted by atomic mass is 16.5. The molecular weight excluding hydrogens is 432 g/mol. The van der Waals surface area contributed by atoms with Crippen LogP contribution in [0.15, 0.2) is 0 Å². The number of Topliss-reactive ketones (excluding diaryl/α,β-unsaturated/α-hetero) is 1. The number of ketones is 1. The van der Waals surface area contributed by atoms with Crippen LogP contribution in [0.2, 0.25) is 0 Å². The van der Waals surface area contributed by atoms with Gasteiger partial charge in [0, 0.05) is 19.3 Å². The molecule has 0 saturated carbocycles. The van der Waals surface area contributed by atoms with Gasteiger partial charge in [-0.15, -0.1) is 0 Å². The molecule has 3 heteroatoms. The molecule has 0 aromatic carbocycles. The van der Waals surface area contributed by atoms with Crippen LogP contribution in [0.4, 0.5) is 0 Å². The van der Waals surface area contributed by atoms with Gasteiger partial charge < -0.3 is 4.74 Å². The van der Waals surface area contributed by atoms with Crippen molar-refractivity contribution >= 4 is 11.8 Å². The molecule has 0 saturated heterocycles. The van der Waals surface area contributed by atoms with Crippen molar-refractivity contribution in [3.05, 3.63) is 0 Å². The van der Waals surface area contributed by atoms with Crippen LogP contribution in [-0.2, 0) is 14.3 Å². The number of esters is 1. The van der Waals surface area contributed by atoms with Gasteiger partial charge in [0.05, 0.1) is 6.61 Å². The molecule has 0 amide bonds. The van der Waals surface area contributed by atoms with Gasteiger partial charge in [-0.1, -0.05) is 130 Å². The van der Waals surface area contributed by atoms with Gasteiger partial charge in [-0.3, -0.25) is 9.59 Å². The van der Waals surface area contributed by atoms with Gasteiger partial charge in [-0.05, 0) is 38.0 Å². The molecule has 0 heterocycles. The van der Waals surface area contributed by atoms with Gasteiger partial charge in [0.1, 0.15) is 5.78 Å². The minimum Gasteiger partial charge on any atom is -0.465 e. The zero-order valence-corrected chi connectivity index (χ0v) is 24.2. The SMILES string of the molecule is CCCCCCCCCCC(=O)CCCCCCCCC(=O)OCC(CCCC)CCCCCC. The zero-order valence-electron chi connectivity index (χ0n) is 24.2. The van der Waals surface area contributed by atoms with Crippen LogP contribution in [0.1, 0.15) is 181 Å².